The molecule has 6 nitrogen and oxygen atoms in total. The largest absolute Gasteiger partial charge is 0.493 e. The molecule has 0 spiro atoms. The quantitative estimate of drug-likeness (QED) is 0.604. The highest BCUT2D eigenvalue weighted by Crippen LogP contribution is 2.38. The highest BCUT2D eigenvalue weighted by molar-refractivity contribution is 5.87. The number of H-pyrrole nitrogens is 1. The molecule has 30 heavy (non-hydrogen) atoms. The van der Waals surface area contributed by atoms with E-state index in [0.29, 0.717) is 30.4 Å². The van der Waals surface area contributed by atoms with Gasteiger partial charge in [-0.15, -0.1) is 0 Å². The van der Waals surface area contributed by atoms with E-state index in [1.807, 2.05) is 30.3 Å². The van der Waals surface area contributed by atoms with E-state index in [9.17, 15) is 4.79 Å². The van der Waals surface area contributed by atoms with Gasteiger partial charge in [-0.1, -0.05) is 38.1 Å². The van der Waals surface area contributed by atoms with Crippen molar-refractivity contribution in [1.82, 2.24) is 10.3 Å². The summed E-state index contributed by atoms with van der Waals surface area (Å²) in [6, 6.07) is 13.5. The van der Waals surface area contributed by atoms with Gasteiger partial charge < -0.3 is 19.2 Å². The highest BCUT2D eigenvalue weighted by Gasteiger charge is 2.34. The van der Waals surface area contributed by atoms with Crippen molar-refractivity contribution >= 4 is 16.9 Å². The van der Waals surface area contributed by atoms with Gasteiger partial charge in [0.25, 0.3) is 0 Å². The molecule has 3 aromatic rings. The van der Waals surface area contributed by atoms with Gasteiger partial charge in [0.1, 0.15) is 6.04 Å². The lowest BCUT2D eigenvalue weighted by Crippen LogP contribution is -2.45. The number of carbonyl (C=O) groups is 1. The maximum atomic E-state index is 12.4. The first-order chi connectivity index (χ1) is 14.5. The number of rotatable bonds is 6. The smallest absolute Gasteiger partial charge is 0.323 e. The SMILES string of the molecule is COC(=O)C1Cc2c([nH]c3ccccc23)C(c2ccc(OCC(C)C)c(OC)c2)N1. The number of aromatic nitrogens is 1. The van der Waals surface area contributed by atoms with Gasteiger partial charge in [0.2, 0.25) is 0 Å². The summed E-state index contributed by atoms with van der Waals surface area (Å²) in [5.41, 5.74) is 4.26. The molecule has 1 aromatic heterocycles. The molecule has 2 N–H and O–H groups in total. The number of ether oxygens (including phenoxy) is 3. The fourth-order valence-corrected chi connectivity index (χ4v) is 4.03. The van der Waals surface area contributed by atoms with Crippen LogP contribution in [0.5, 0.6) is 11.5 Å². The van der Waals surface area contributed by atoms with Gasteiger partial charge in [-0.25, -0.2) is 0 Å². The fourth-order valence-electron chi connectivity index (χ4n) is 4.03. The molecule has 2 aromatic carbocycles. The van der Waals surface area contributed by atoms with Crippen molar-refractivity contribution in [3.8, 4) is 11.5 Å². The zero-order valence-corrected chi connectivity index (χ0v) is 17.8. The monoisotopic (exact) mass is 408 g/mol. The van der Waals surface area contributed by atoms with Crippen molar-refractivity contribution in [2.24, 2.45) is 5.92 Å². The number of nitrogens with one attached hydrogen (secondary N) is 2. The average Bonchev–Trinajstić information content (AvgIpc) is 3.15. The second kappa shape index (κ2) is 8.40. The Labute approximate surface area is 176 Å². The van der Waals surface area contributed by atoms with Gasteiger partial charge in [-0.3, -0.25) is 10.1 Å². The molecule has 0 saturated heterocycles. The lowest BCUT2D eigenvalue weighted by Gasteiger charge is -2.30. The Bertz CT molecular complexity index is 1060. The number of carbonyl (C=O) groups excluding carboxylic acids is 1. The van der Waals surface area contributed by atoms with E-state index >= 15 is 0 Å². The molecule has 2 heterocycles. The van der Waals surface area contributed by atoms with Crippen LogP contribution in [0.2, 0.25) is 0 Å². The first kappa shape index (κ1) is 20.3. The van der Waals surface area contributed by atoms with Crippen LogP contribution in [0.3, 0.4) is 0 Å². The van der Waals surface area contributed by atoms with Crippen LogP contribution in [-0.4, -0.2) is 37.8 Å². The number of fused-ring (bicyclic) bond motifs is 3. The van der Waals surface area contributed by atoms with Gasteiger partial charge >= 0.3 is 5.97 Å². The summed E-state index contributed by atoms with van der Waals surface area (Å²) < 4.78 is 16.5. The maximum absolute atomic E-state index is 12.4. The number of hydrogen-bond acceptors (Lipinski definition) is 5. The van der Waals surface area contributed by atoms with Gasteiger partial charge in [-0.2, -0.15) is 0 Å². The fraction of sp³-hybridized carbons (Fsp3) is 0.375. The molecule has 1 aliphatic heterocycles. The van der Waals surface area contributed by atoms with Crippen LogP contribution >= 0.6 is 0 Å². The third-order valence-electron chi connectivity index (χ3n) is 5.49. The predicted molar refractivity (Wildman–Crippen MR) is 116 cm³/mol. The molecule has 0 radical (unpaired) electrons. The first-order valence-electron chi connectivity index (χ1n) is 10.3. The molecule has 2 atom stereocenters. The lowest BCUT2D eigenvalue weighted by atomic mass is 9.90. The van der Waals surface area contributed by atoms with Crippen LogP contribution < -0.4 is 14.8 Å². The Morgan fingerprint density at radius 3 is 2.67 bits per heavy atom. The Morgan fingerprint density at radius 2 is 1.93 bits per heavy atom. The molecule has 0 saturated carbocycles. The van der Waals surface area contributed by atoms with Crippen LogP contribution in [0.15, 0.2) is 42.5 Å². The zero-order chi connectivity index (χ0) is 21.3. The molecule has 158 valence electrons. The average molecular weight is 408 g/mol. The number of methoxy groups -OCH3 is 2. The van der Waals surface area contributed by atoms with Crippen LogP contribution in [0, 0.1) is 5.92 Å². The van der Waals surface area contributed by atoms with Crippen molar-refractivity contribution in [2.45, 2.75) is 32.4 Å². The predicted octanol–water partition coefficient (Wildman–Crippen LogP) is 3.99. The normalized spacial score (nSPS) is 18.3. The number of esters is 1. The Hall–Kier alpha value is -2.99. The van der Waals surface area contributed by atoms with Gasteiger partial charge in [0, 0.05) is 23.0 Å². The third kappa shape index (κ3) is 3.75. The van der Waals surface area contributed by atoms with Crippen LogP contribution in [-0.2, 0) is 16.0 Å². The maximum Gasteiger partial charge on any atom is 0.323 e. The van der Waals surface area contributed by atoms with E-state index < -0.39 is 6.04 Å². The molecule has 0 amide bonds. The summed E-state index contributed by atoms with van der Waals surface area (Å²) in [6.45, 7) is 4.84. The minimum atomic E-state index is -0.422. The molecule has 0 aliphatic carbocycles. The standard InChI is InChI=1S/C24H28N2O4/c1-14(2)13-30-20-10-9-15(11-21(20)28-3)22-23-17(12-19(26-22)24(27)29-4)16-7-5-6-8-18(16)25-23/h5-11,14,19,22,25-26H,12-13H2,1-4H3. The zero-order valence-electron chi connectivity index (χ0n) is 17.8. The molecule has 1 aliphatic rings. The summed E-state index contributed by atoms with van der Waals surface area (Å²) in [7, 11) is 3.06. The third-order valence-corrected chi connectivity index (χ3v) is 5.49. The number of hydrogen-bond donors (Lipinski definition) is 2. The molecule has 4 rings (SSSR count). The first-order valence-corrected chi connectivity index (χ1v) is 10.3. The topological polar surface area (TPSA) is 72.6 Å². The Morgan fingerprint density at radius 1 is 1.13 bits per heavy atom. The summed E-state index contributed by atoms with van der Waals surface area (Å²) in [5, 5.41) is 4.59. The Balaban J connectivity index is 1.76. The number of benzene rings is 2. The minimum Gasteiger partial charge on any atom is -0.493 e. The van der Waals surface area contributed by atoms with Crippen molar-refractivity contribution in [3.05, 3.63) is 59.3 Å². The summed E-state index contributed by atoms with van der Waals surface area (Å²) >= 11 is 0. The second-order valence-electron chi connectivity index (χ2n) is 8.06. The van der Waals surface area contributed by atoms with E-state index in [-0.39, 0.29) is 12.0 Å². The molecule has 0 fully saturated rings. The molecular weight excluding hydrogens is 380 g/mol. The van der Waals surface area contributed by atoms with Gasteiger partial charge in [-0.05, 0) is 35.2 Å². The number of para-hydroxylation sites is 1. The summed E-state index contributed by atoms with van der Waals surface area (Å²) in [4.78, 5) is 15.9. The lowest BCUT2D eigenvalue weighted by molar-refractivity contribution is -0.143. The van der Waals surface area contributed by atoms with E-state index in [4.69, 9.17) is 14.2 Å². The van der Waals surface area contributed by atoms with Crippen LogP contribution in [0.1, 0.15) is 36.7 Å². The van der Waals surface area contributed by atoms with Crippen LogP contribution in [0.25, 0.3) is 10.9 Å². The van der Waals surface area contributed by atoms with Gasteiger partial charge in [0.05, 0.1) is 26.9 Å². The molecular formula is C24H28N2O4. The summed E-state index contributed by atoms with van der Waals surface area (Å²) in [6.07, 6.45) is 0.579. The second-order valence-corrected chi connectivity index (χ2v) is 8.06. The molecule has 0 bridgehead atoms. The van der Waals surface area contributed by atoms with Gasteiger partial charge in [0.15, 0.2) is 11.5 Å². The van der Waals surface area contributed by atoms with E-state index in [0.717, 1.165) is 27.7 Å². The van der Waals surface area contributed by atoms with Crippen molar-refractivity contribution in [1.29, 1.82) is 0 Å². The van der Waals surface area contributed by atoms with Crippen molar-refractivity contribution in [2.75, 3.05) is 20.8 Å². The van der Waals surface area contributed by atoms with Crippen LogP contribution in [0.4, 0.5) is 0 Å². The van der Waals surface area contributed by atoms with E-state index in [1.165, 1.54) is 7.11 Å². The number of aromatic amines is 1. The Kier molecular flexibility index (Phi) is 5.68. The highest BCUT2D eigenvalue weighted by atomic mass is 16.5. The summed E-state index contributed by atoms with van der Waals surface area (Å²) in [5.74, 6) is 1.55. The molecule has 2 unspecified atom stereocenters. The molecule has 6 heteroatoms. The van der Waals surface area contributed by atoms with Crippen molar-refractivity contribution in [3.63, 3.8) is 0 Å². The van der Waals surface area contributed by atoms with E-state index in [1.54, 1.807) is 7.11 Å². The minimum absolute atomic E-state index is 0.196. The van der Waals surface area contributed by atoms with Crippen molar-refractivity contribution < 1.29 is 19.0 Å². The van der Waals surface area contributed by atoms with E-state index in [2.05, 4.69) is 36.3 Å².